The summed E-state index contributed by atoms with van der Waals surface area (Å²) in [7, 11) is -4.06. The molecule has 0 unspecified atom stereocenters. The van der Waals surface area contributed by atoms with Gasteiger partial charge in [0.2, 0.25) is 15.9 Å². The van der Waals surface area contributed by atoms with E-state index in [4.69, 9.17) is 0 Å². The summed E-state index contributed by atoms with van der Waals surface area (Å²) < 4.78 is 66.0. The van der Waals surface area contributed by atoms with Crippen LogP contribution in [0.4, 0.5) is 13.2 Å². The van der Waals surface area contributed by atoms with Crippen molar-refractivity contribution in [3.05, 3.63) is 51.7 Å². The summed E-state index contributed by atoms with van der Waals surface area (Å²) in [6, 6.07) is 5.93. The number of sulfonamides is 1. The third-order valence-corrected chi connectivity index (χ3v) is 9.26. The molecule has 2 aromatic rings. The Kier molecular flexibility index (Phi) is 6.39. The number of hydrogen-bond donors (Lipinski definition) is 0. The van der Waals surface area contributed by atoms with Gasteiger partial charge in [-0.15, -0.1) is 11.3 Å². The number of carbonyl (C=O) groups excluding carboxylic acids is 1. The zero-order chi connectivity index (χ0) is 23.1. The fraction of sp³-hybridized carbons (Fsp3) is 0.500. The van der Waals surface area contributed by atoms with Gasteiger partial charge in [-0.2, -0.15) is 17.5 Å². The minimum atomic E-state index is -4.61. The molecule has 174 valence electrons. The number of halogens is 3. The zero-order valence-electron chi connectivity index (χ0n) is 17.6. The molecule has 0 aliphatic carbocycles. The lowest BCUT2D eigenvalue weighted by molar-refractivity contribution is -0.140. The fourth-order valence-corrected chi connectivity index (χ4v) is 7.10. The number of amides is 1. The highest BCUT2D eigenvalue weighted by atomic mass is 32.2. The second-order valence-corrected chi connectivity index (χ2v) is 11.1. The van der Waals surface area contributed by atoms with Crippen LogP contribution >= 0.6 is 11.3 Å². The Morgan fingerprint density at radius 1 is 1.16 bits per heavy atom. The lowest BCUT2D eigenvalue weighted by Gasteiger charge is -2.39. The first-order valence-electron chi connectivity index (χ1n) is 10.7. The van der Waals surface area contributed by atoms with Crippen LogP contribution in [0.5, 0.6) is 0 Å². The molecule has 3 heterocycles. The van der Waals surface area contributed by atoms with E-state index in [1.165, 1.54) is 20.8 Å². The van der Waals surface area contributed by atoms with Gasteiger partial charge in [0.15, 0.2) is 0 Å². The van der Waals surface area contributed by atoms with E-state index in [1.807, 2.05) is 4.90 Å². The number of thiophene rings is 1. The van der Waals surface area contributed by atoms with Crippen molar-refractivity contribution in [2.75, 3.05) is 19.6 Å². The standard InChI is InChI=1S/C22H25F3N2O3S2/c1-2-19-18-9-13-31-20(18)8-12-27(19)21(28)15-6-10-26(11-7-15)32(29,30)17-5-3-4-16(14-17)22(23,24)25/h3-5,9,13-15,19H,2,6-8,10-12H2,1H3/t19-/m1/s1. The molecule has 1 atom stereocenters. The first-order valence-corrected chi connectivity index (χ1v) is 13.0. The number of benzene rings is 1. The largest absolute Gasteiger partial charge is 0.416 e. The van der Waals surface area contributed by atoms with Crippen LogP contribution in [-0.4, -0.2) is 43.2 Å². The van der Waals surface area contributed by atoms with E-state index in [2.05, 4.69) is 18.4 Å². The molecule has 4 rings (SSSR count). The maximum Gasteiger partial charge on any atom is 0.416 e. The molecule has 0 saturated carbocycles. The highest BCUT2D eigenvalue weighted by Gasteiger charge is 2.38. The van der Waals surface area contributed by atoms with Crippen molar-refractivity contribution in [2.45, 2.75) is 49.7 Å². The first-order chi connectivity index (χ1) is 15.1. The lowest BCUT2D eigenvalue weighted by atomic mass is 9.92. The Labute approximate surface area is 189 Å². The maximum absolute atomic E-state index is 13.3. The maximum atomic E-state index is 13.3. The molecule has 10 heteroatoms. The fourth-order valence-electron chi connectivity index (χ4n) is 4.66. The highest BCUT2D eigenvalue weighted by molar-refractivity contribution is 7.89. The van der Waals surface area contributed by atoms with Gasteiger partial charge in [0.1, 0.15) is 0 Å². The van der Waals surface area contributed by atoms with Gasteiger partial charge in [-0.05, 0) is 60.9 Å². The van der Waals surface area contributed by atoms with Crippen molar-refractivity contribution in [1.29, 1.82) is 0 Å². The summed E-state index contributed by atoms with van der Waals surface area (Å²) in [5.41, 5.74) is 0.216. The Morgan fingerprint density at radius 2 is 1.88 bits per heavy atom. The van der Waals surface area contributed by atoms with Crippen LogP contribution in [0.15, 0.2) is 40.6 Å². The van der Waals surface area contributed by atoms with Crippen molar-refractivity contribution in [3.8, 4) is 0 Å². The molecule has 2 aliphatic rings. The quantitative estimate of drug-likeness (QED) is 0.629. The van der Waals surface area contributed by atoms with Crippen molar-refractivity contribution in [3.63, 3.8) is 0 Å². The monoisotopic (exact) mass is 486 g/mol. The summed E-state index contributed by atoms with van der Waals surface area (Å²) in [5.74, 6) is -0.234. The molecule has 0 bridgehead atoms. The van der Waals surface area contributed by atoms with Gasteiger partial charge in [-0.3, -0.25) is 4.79 Å². The number of carbonyl (C=O) groups is 1. The third kappa shape index (κ3) is 4.32. The summed E-state index contributed by atoms with van der Waals surface area (Å²) >= 11 is 1.72. The third-order valence-electron chi connectivity index (χ3n) is 6.37. The van der Waals surface area contributed by atoms with E-state index in [1.54, 1.807) is 11.3 Å². The number of hydrogen-bond acceptors (Lipinski definition) is 4. The van der Waals surface area contributed by atoms with E-state index in [-0.39, 0.29) is 35.9 Å². The topological polar surface area (TPSA) is 57.7 Å². The molecule has 1 amide bonds. The minimum Gasteiger partial charge on any atom is -0.335 e. The predicted molar refractivity (Wildman–Crippen MR) is 116 cm³/mol. The minimum absolute atomic E-state index is 0.0457. The second kappa shape index (κ2) is 8.79. The molecular weight excluding hydrogens is 461 g/mol. The van der Waals surface area contributed by atoms with E-state index in [9.17, 15) is 26.4 Å². The molecule has 1 aromatic heterocycles. The van der Waals surface area contributed by atoms with Gasteiger partial charge < -0.3 is 4.90 Å². The van der Waals surface area contributed by atoms with Crippen LogP contribution < -0.4 is 0 Å². The normalized spacial score (nSPS) is 20.9. The SMILES string of the molecule is CC[C@@H]1c2ccsc2CCN1C(=O)C1CCN(S(=O)(=O)c2cccc(C(F)(F)F)c2)CC1. The molecule has 1 aromatic carbocycles. The molecule has 0 N–H and O–H groups in total. The lowest BCUT2D eigenvalue weighted by Crippen LogP contribution is -2.47. The van der Waals surface area contributed by atoms with Crippen LogP contribution in [-0.2, 0) is 27.4 Å². The average Bonchev–Trinajstić information content (AvgIpc) is 3.26. The summed E-state index contributed by atoms with van der Waals surface area (Å²) in [6.45, 7) is 2.95. The number of fused-ring (bicyclic) bond motifs is 1. The number of alkyl halides is 3. The van der Waals surface area contributed by atoms with Gasteiger partial charge in [-0.1, -0.05) is 13.0 Å². The van der Waals surface area contributed by atoms with Crippen molar-refractivity contribution in [1.82, 2.24) is 9.21 Å². The van der Waals surface area contributed by atoms with Crippen molar-refractivity contribution >= 4 is 27.3 Å². The molecule has 5 nitrogen and oxygen atoms in total. The number of rotatable bonds is 4. The van der Waals surface area contributed by atoms with Crippen LogP contribution in [0, 0.1) is 5.92 Å². The Hall–Kier alpha value is -1.91. The van der Waals surface area contributed by atoms with Gasteiger partial charge in [0, 0.05) is 30.4 Å². The zero-order valence-corrected chi connectivity index (χ0v) is 19.3. The summed E-state index contributed by atoms with van der Waals surface area (Å²) in [6.07, 6.45) is -2.24. The average molecular weight is 487 g/mol. The van der Waals surface area contributed by atoms with E-state index in [0.29, 0.717) is 25.5 Å². The number of piperidine rings is 1. The summed E-state index contributed by atoms with van der Waals surface area (Å²) in [4.78, 5) is 16.2. The number of nitrogens with zero attached hydrogens (tertiary/aromatic N) is 2. The molecule has 1 saturated heterocycles. The van der Waals surface area contributed by atoms with Crippen molar-refractivity contribution < 1.29 is 26.4 Å². The Bertz CT molecular complexity index is 1090. The Morgan fingerprint density at radius 3 is 2.53 bits per heavy atom. The van der Waals surface area contributed by atoms with Crippen LogP contribution in [0.2, 0.25) is 0 Å². The first kappa shape index (κ1) is 23.3. The Balaban J connectivity index is 1.45. The van der Waals surface area contributed by atoms with Gasteiger partial charge in [0.25, 0.3) is 0 Å². The van der Waals surface area contributed by atoms with Crippen LogP contribution in [0.25, 0.3) is 0 Å². The molecule has 0 spiro atoms. The van der Waals surface area contributed by atoms with Crippen LogP contribution in [0.3, 0.4) is 0 Å². The van der Waals surface area contributed by atoms with E-state index < -0.39 is 21.8 Å². The van der Waals surface area contributed by atoms with E-state index >= 15 is 0 Å². The molecule has 2 aliphatic heterocycles. The molecule has 1 fully saturated rings. The predicted octanol–water partition coefficient (Wildman–Crippen LogP) is 4.70. The van der Waals surface area contributed by atoms with Gasteiger partial charge in [0.05, 0.1) is 16.5 Å². The molecular formula is C22H25F3N2O3S2. The highest BCUT2D eigenvalue weighted by Crippen LogP contribution is 2.37. The smallest absolute Gasteiger partial charge is 0.335 e. The van der Waals surface area contributed by atoms with E-state index in [0.717, 1.165) is 25.0 Å². The summed E-state index contributed by atoms with van der Waals surface area (Å²) in [5, 5.41) is 2.05. The second-order valence-electron chi connectivity index (χ2n) is 8.21. The van der Waals surface area contributed by atoms with Crippen LogP contribution in [0.1, 0.15) is 48.2 Å². The van der Waals surface area contributed by atoms with Gasteiger partial charge in [-0.25, -0.2) is 8.42 Å². The van der Waals surface area contributed by atoms with Crippen molar-refractivity contribution in [2.24, 2.45) is 5.92 Å². The van der Waals surface area contributed by atoms with Gasteiger partial charge >= 0.3 is 6.18 Å². The molecule has 32 heavy (non-hydrogen) atoms. The molecule has 0 radical (unpaired) electrons.